The van der Waals surface area contributed by atoms with Crippen molar-refractivity contribution in [3.8, 4) is 28.3 Å². The number of pyridine rings is 1. The van der Waals surface area contributed by atoms with Crippen molar-refractivity contribution in [1.82, 2.24) is 29.4 Å². The fraction of sp³-hybridized carbons (Fsp3) is 0.200. The van der Waals surface area contributed by atoms with Crippen molar-refractivity contribution in [3.05, 3.63) is 78.8 Å². The molecule has 36 heavy (non-hydrogen) atoms. The summed E-state index contributed by atoms with van der Waals surface area (Å²) in [6.07, 6.45) is 0.685. The van der Waals surface area contributed by atoms with Gasteiger partial charge in [0.15, 0.2) is 11.5 Å². The summed E-state index contributed by atoms with van der Waals surface area (Å²) >= 11 is 0. The zero-order valence-corrected chi connectivity index (χ0v) is 18.9. The fourth-order valence-electron chi connectivity index (χ4n) is 4.20. The molecule has 1 fully saturated rings. The van der Waals surface area contributed by atoms with E-state index in [9.17, 15) is 13.2 Å². The van der Waals surface area contributed by atoms with Crippen LogP contribution < -0.4 is 4.90 Å². The Morgan fingerprint density at radius 1 is 0.833 bits per heavy atom. The van der Waals surface area contributed by atoms with Gasteiger partial charge in [-0.05, 0) is 30.3 Å². The molecule has 4 aromatic heterocycles. The van der Waals surface area contributed by atoms with Gasteiger partial charge in [-0.25, -0.2) is 9.67 Å². The maximum atomic E-state index is 13.2. The monoisotopic (exact) mass is 491 g/mol. The van der Waals surface area contributed by atoms with Gasteiger partial charge in [0.2, 0.25) is 0 Å². The van der Waals surface area contributed by atoms with Crippen LogP contribution in [0.2, 0.25) is 0 Å². The predicted molar refractivity (Wildman–Crippen MR) is 127 cm³/mol. The van der Waals surface area contributed by atoms with Crippen molar-refractivity contribution in [1.29, 1.82) is 0 Å². The molecular formula is C25H20F3N7O. The van der Waals surface area contributed by atoms with Crippen LogP contribution in [-0.4, -0.2) is 55.7 Å². The van der Waals surface area contributed by atoms with E-state index in [2.05, 4.69) is 15.0 Å². The predicted octanol–water partition coefficient (Wildman–Crippen LogP) is 4.50. The Morgan fingerprint density at radius 2 is 1.64 bits per heavy atom. The Kier molecular flexibility index (Phi) is 5.41. The molecule has 6 rings (SSSR count). The third-order valence-electron chi connectivity index (χ3n) is 6.02. The maximum Gasteiger partial charge on any atom is 0.416 e. The zero-order valence-electron chi connectivity index (χ0n) is 18.9. The van der Waals surface area contributed by atoms with E-state index in [-0.39, 0.29) is 0 Å². The topological polar surface area (TPSA) is 73.4 Å². The number of hydrogen-bond donors (Lipinski definition) is 0. The van der Waals surface area contributed by atoms with Gasteiger partial charge in [-0.2, -0.15) is 27.9 Å². The van der Waals surface area contributed by atoms with Gasteiger partial charge in [0, 0.05) is 54.9 Å². The van der Waals surface area contributed by atoms with Crippen LogP contribution in [0, 0.1) is 0 Å². The first-order chi connectivity index (χ1) is 17.5. The first kappa shape index (κ1) is 22.2. The van der Waals surface area contributed by atoms with Crippen molar-refractivity contribution in [2.24, 2.45) is 0 Å². The molecule has 1 aliphatic heterocycles. The van der Waals surface area contributed by atoms with Crippen molar-refractivity contribution >= 4 is 11.5 Å². The lowest BCUT2D eigenvalue weighted by molar-refractivity contribution is -0.137. The second-order valence-electron chi connectivity index (χ2n) is 8.33. The second-order valence-corrected chi connectivity index (χ2v) is 8.33. The van der Waals surface area contributed by atoms with Gasteiger partial charge in [0.25, 0.3) is 0 Å². The van der Waals surface area contributed by atoms with E-state index in [0.29, 0.717) is 49.0 Å². The summed E-state index contributed by atoms with van der Waals surface area (Å²) in [5, 5.41) is 9.32. The normalized spacial score (nSPS) is 14.5. The minimum Gasteiger partial charge on any atom is -0.378 e. The number of benzene rings is 1. The highest BCUT2D eigenvalue weighted by Gasteiger charge is 2.30. The average Bonchev–Trinajstić information content (AvgIpc) is 3.57. The van der Waals surface area contributed by atoms with Crippen LogP contribution in [0.25, 0.3) is 34.0 Å². The van der Waals surface area contributed by atoms with Crippen LogP contribution in [0.15, 0.2) is 73.2 Å². The second kappa shape index (κ2) is 8.76. The highest BCUT2D eigenvalue weighted by atomic mass is 19.4. The summed E-state index contributed by atoms with van der Waals surface area (Å²) in [4.78, 5) is 11.0. The molecule has 0 aliphatic carbocycles. The van der Waals surface area contributed by atoms with Gasteiger partial charge < -0.3 is 9.64 Å². The lowest BCUT2D eigenvalue weighted by atomic mass is 10.1. The molecule has 0 atom stereocenters. The van der Waals surface area contributed by atoms with Gasteiger partial charge in [0.05, 0.1) is 30.2 Å². The summed E-state index contributed by atoms with van der Waals surface area (Å²) in [7, 11) is 0. The van der Waals surface area contributed by atoms with Crippen LogP contribution in [-0.2, 0) is 10.9 Å². The number of fused-ring (bicyclic) bond motifs is 1. The van der Waals surface area contributed by atoms with E-state index in [1.54, 1.807) is 39.9 Å². The molecular weight excluding hydrogens is 471 g/mol. The van der Waals surface area contributed by atoms with Crippen LogP contribution >= 0.6 is 0 Å². The van der Waals surface area contributed by atoms with Crippen molar-refractivity contribution < 1.29 is 17.9 Å². The summed E-state index contributed by atoms with van der Waals surface area (Å²) in [6.45, 7) is 2.58. The number of halogens is 3. The van der Waals surface area contributed by atoms with Crippen LogP contribution in [0.5, 0.6) is 0 Å². The Hall–Kier alpha value is -4.25. The third-order valence-corrected chi connectivity index (χ3v) is 6.02. The SMILES string of the molecule is FC(F)(F)c1cccc(-c2ccn(-c3cc(N4CCOCC4)n4nc(-c5ccncc5)cc4n3)n2)c1. The van der Waals surface area contributed by atoms with Crippen molar-refractivity contribution in [2.45, 2.75) is 6.18 Å². The molecule has 5 heterocycles. The number of rotatable bonds is 4. The molecule has 0 radical (unpaired) electrons. The van der Waals surface area contributed by atoms with Gasteiger partial charge >= 0.3 is 6.18 Å². The van der Waals surface area contributed by atoms with Crippen LogP contribution in [0.3, 0.4) is 0 Å². The largest absolute Gasteiger partial charge is 0.416 e. The Balaban J connectivity index is 1.44. The Bertz CT molecular complexity index is 1520. The quantitative estimate of drug-likeness (QED) is 0.369. The highest BCUT2D eigenvalue weighted by molar-refractivity contribution is 5.67. The lowest BCUT2D eigenvalue weighted by Gasteiger charge is -2.29. The lowest BCUT2D eigenvalue weighted by Crippen LogP contribution is -2.37. The first-order valence-corrected chi connectivity index (χ1v) is 11.3. The van der Waals surface area contributed by atoms with Gasteiger partial charge in [-0.3, -0.25) is 4.98 Å². The molecule has 0 N–H and O–H groups in total. The number of anilines is 1. The van der Waals surface area contributed by atoms with Crippen LogP contribution in [0.1, 0.15) is 5.56 Å². The zero-order chi connectivity index (χ0) is 24.7. The molecule has 1 aliphatic rings. The minimum absolute atomic E-state index is 0.377. The molecule has 0 saturated carbocycles. The van der Waals surface area contributed by atoms with Crippen molar-refractivity contribution in [2.75, 3.05) is 31.2 Å². The van der Waals surface area contributed by atoms with Gasteiger partial charge in [0.1, 0.15) is 5.82 Å². The Morgan fingerprint density at radius 3 is 2.42 bits per heavy atom. The number of aromatic nitrogens is 6. The smallest absolute Gasteiger partial charge is 0.378 e. The van der Waals surface area contributed by atoms with E-state index in [0.717, 1.165) is 29.2 Å². The highest BCUT2D eigenvalue weighted by Crippen LogP contribution is 2.32. The molecule has 5 aromatic rings. The van der Waals surface area contributed by atoms with Crippen LogP contribution in [0.4, 0.5) is 19.0 Å². The molecule has 1 aromatic carbocycles. The third kappa shape index (κ3) is 4.17. The maximum absolute atomic E-state index is 13.2. The van der Waals surface area contributed by atoms with Gasteiger partial charge in [-0.1, -0.05) is 12.1 Å². The van der Waals surface area contributed by atoms with Crippen molar-refractivity contribution in [3.63, 3.8) is 0 Å². The number of alkyl halides is 3. The standard InChI is InChI=1S/C25H20F3N7O/c26-25(27,28)19-3-1-2-18(14-19)20-6-9-34(31-20)22-16-24(33-10-12-36-13-11-33)35-23(30-22)15-21(32-35)17-4-7-29-8-5-17/h1-9,14-16H,10-13H2. The first-order valence-electron chi connectivity index (χ1n) is 11.3. The number of morpholine rings is 1. The summed E-state index contributed by atoms with van der Waals surface area (Å²) in [6, 6.07) is 14.3. The fourth-order valence-corrected chi connectivity index (χ4v) is 4.20. The molecule has 0 unspecified atom stereocenters. The molecule has 0 spiro atoms. The van der Waals surface area contributed by atoms with E-state index < -0.39 is 11.7 Å². The summed E-state index contributed by atoms with van der Waals surface area (Å²) in [5.41, 5.74) is 2.37. The van der Waals surface area contributed by atoms with E-state index >= 15 is 0 Å². The molecule has 0 amide bonds. The van der Waals surface area contributed by atoms with E-state index in [1.165, 1.54) is 6.07 Å². The van der Waals surface area contributed by atoms with E-state index in [1.807, 2.05) is 24.3 Å². The number of nitrogens with zero attached hydrogens (tertiary/aromatic N) is 7. The molecule has 1 saturated heterocycles. The van der Waals surface area contributed by atoms with Gasteiger partial charge in [-0.15, -0.1) is 0 Å². The minimum atomic E-state index is -4.42. The molecule has 182 valence electrons. The molecule has 0 bridgehead atoms. The average molecular weight is 491 g/mol. The summed E-state index contributed by atoms with van der Waals surface area (Å²) in [5.74, 6) is 1.36. The number of ether oxygens (including phenoxy) is 1. The van der Waals surface area contributed by atoms with E-state index in [4.69, 9.17) is 14.8 Å². The molecule has 11 heteroatoms. The summed E-state index contributed by atoms with van der Waals surface area (Å²) < 4.78 is 48.4. The number of hydrogen-bond acceptors (Lipinski definition) is 6. The Labute approximate surface area is 203 Å². The molecule has 8 nitrogen and oxygen atoms in total.